The zero-order chi connectivity index (χ0) is 12.5. The van der Waals surface area contributed by atoms with E-state index in [4.69, 9.17) is 11.6 Å². The van der Waals surface area contributed by atoms with E-state index >= 15 is 0 Å². The monoisotopic (exact) mass is 278 g/mol. The first-order chi connectivity index (χ1) is 8.74. The zero-order valence-corrected chi connectivity index (χ0v) is 11.8. The number of thiophene rings is 1. The molecule has 0 radical (unpaired) electrons. The van der Waals surface area contributed by atoms with Crippen LogP contribution in [-0.2, 0) is 6.42 Å². The van der Waals surface area contributed by atoms with E-state index in [0.717, 1.165) is 22.9 Å². The van der Waals surface area contributed by atoms with Gasteiger partial charge in [-0.3, -0.25) is 4.98 Å². The molecule has 0 saturated heterocycles. The van der Waals surface area contributed by atoms with E-state index in [1.165, 1.54) is 10.4 Å². The van der Waals surface area contributed by atoms with Crippen molar-refractivity contribution in [1.29, 1.82) is 0 Å². The molecule has 2 aromatic heterocycles. The second-order valence-corrected chi connectivity index (χ2v) is 6.43. The maximum atomic E-state index is 6.08. The van der Waals surface area contributed by atoms with Crippen LogP contribution in [0.3, 0.4) is 0 Å². The molecule has 0 amide bonds. The fourth-order valence-electron chi connectivity index (χ4n) is 2.52. The molecule has 1 unspecified atom stereocenters. The molecule has 0 aromatic carbocycles. The van der Waals surface area contributed by atoms with Gasteiger partial charge in [-0.15, -0.1) is 11.3 Å². The average molecular weight is 279 g/mol. The van der Waals surface area contributed by atoms with Gasteiger partial charge in [0, 0.05) is 23.2 Å². The molecule has 0 bridgehead atoms. The smallest absolute Gasteiger partial charge is 0.0934 e. The van der Waals surface area contributed by atoms with Crippen molar-refractivity contribution in [2.75, 3.05) is 0 Å². The van der Waals surface area contributed by atoms with Gasteiger partial charge in [0.05, 0.1) is 10.0 Å². The van der Waals surface area contributed by atoms with Gasteiger partial charge in [-0.2, -0.15) is 0 Å². The minimum atomic E-state index is 0.265. The summed E-state index contributed by atoms with van der Waals surface area (Å²) >= 11 is 7.79. The van der Waals surface area contributed by atoms with E-state index in [9.17, 15) is 0 Å². The lowest BCUT2D eigenvalue weighted by Gasteiger charge is -2.19. The molecule has 18 heavy (non-hydrogen) atoms. The Bertz CT molecular complexity index is 538. The van der Waals surface area contributed by atoms with Gasteiger partial charge in [0.1, 0.15) is 0 Å². The van der Waals surface area contributed by atoms with Crippen molar-refractivity contribution < 1.29 is 0 Å². The number of hydrogen-bond acceptors (Lipinski definition) is 3. The minimum Gasteiger partial charge on any atom is -0.302 e. The normalized spacial score (nSPS) is 19.8. The second-order valence-electron chi connectivity index (χ2n) is 4.66. The Balaban J connectivity index is 1.75. The van der Waals surface area contributed by atoms with Gasteiger partial charge in [0.2, 0.25) is 0 Å². The Hall–Kier alpha value is -0.900. The molecule has 2 atom stereocenters. The quantitative estimate of drug-likeness (QED) is 0.913. The Morgan fingerprint density at radius 1 is 1.50 bits per heavy atom. The van der Waals surface area contributed by atoms with Gasteiger partial charge in [-0.25, -0.2) is 0 Å². The number of nitrogens with zero attached hydrogens (tertiary/aromatic N) is 1. The van der Waals surface area contributed by atoms with E-state index in [-0.39, 0.29) is 6.04 Å². The molecule has 1 aliphatic carbocycles. The molecule has 2 nitrogen and oxygen atoms in total. The lowest BCUT2D eigenvalue weighted by Crippen LogP contribution is -2.23. The minimum absolute atomic E-state index is 0.265. The van der Waals surface area contributed by atoms with Crippen LogP contribution in [-0.4, -0.2) is 4.98 Å². The third-order valence-corrected chi connectivity index (χ3v) is 4.77. The SMILES string of the molecule is C[C@@H](NC1CCc2sc(Cl)cc21)c1ccccn1. The molecule has 0 fully saturated rings. The highest BCUT2D eigenvalue weighted by atomic mass is 35.5. The maximum Gasteiger partial charge on any atom is 0.0934 e. The van der Waals surface area contributed by atoms with Gasteiger partial charge >= 0.3 is 0 Å². The number of halogens is 1. The highest BCUT2D eigenvalue weighted by Crippen LogP contribution is 2.40. The molecule has 1 aliphatic rings. The molecule has 3 rings (SSSR count). The van der Waals surface area contributed by atoms with E-state index in [0.29, 0.717) is 6.04 Å². The summed E-state index contributed by atoms with van der Waals surface area (Å²) in [6.07, 6.45) is 4.14. The summed E-state index contributed by atoms with van der Waals surface area (Å²) in [6, 6.07) is 8.83. The van der Waals surface area contributed by atoms with Crippen molar-refractivity contribution >= 4 is 22.9 Å². The maximum absolute atomic E-state index is 6.08. The Morgan fingerprint density at radius 3 is 3.17 bits per heavy atom. The first-order valence-electron chi connectivity index (χ1n) is 6.19. The number of aromatic nitrogens is 1. The van der Waals surface area contributed by atoms with E-state index < -0.39 is 0 Å². The zero-order valence-electron chi connectivity index (χ0n) is 10.2. The van der Waals surface area contributed by atoms with Crippen LogP contribution in [0.25, 0.3) is 0 Å². The van der Waals surface area contributed by atoms with E-state index in [2.05, 4.69) is 29.4 Å². The van der Waals surface area contributed by atoms with Crippen LogP contribution in [0.15, 0.2) is 30.5 Å². The second kappa shape index (κ2) is 5.00. The van der Waals surface area contributed by atoms with Gasteiger partial charge in [-0.1, -0.05) is 17.7 Å². The first kappa shape index (κ1) is 12.2. The van der Waals surface area contributed by atoms with Gasteiger partial charge in [0.25, 0.3) is 0 Å². The van der Waals surface area contributed by atoms with E-state index in [1.54, 1.807) is 11.3 Å². The molecular weight excluding hydrogens is 264 g/mol. The van der Waals surface area contributed by atoms with Crippen LogP contribution in [0.1, 0.15) is 41.6 Å². The topological polar surface area (TPSA) is 24.9 Å². The lowest BCUT2D eigenvalue weighted by molar-refractivity contribution is 0.458. The standard InChI is InChI=1S/C14H15ClN2S/c1-9(11-4-2-3-7-16-11)17-12-5-6-13-10(12)8-14(15)18-13/h2-4,7-9,12,17H,5-6H2,1H3/t9-,12?/m1/s1. The molecular formula is C14H15ClN2S. The fraction of sp³-hybridized carbons (Fsp3) is 0.357. The molecule has 0 spiro atoms. The summed E-state index contributed by atoms with van der Waals surface area (Å²) < 4.78 is 0.900. The first-order valence-corrected chi connectivity index (χ1v) is 7.38. The Kier molecular flexibility index (Phi) is 3.37. The third-order valence-electron chi connectivity index (χ3n) is 3.43. The summed E-state index contributed by atoms with van der Waals surface area (Å²) in [5.41, 5.74) is 2.47. The van der Waals surface area contributed by atoms with Crippen LogP contribution >= 0.6 is 22.9 Å². The highest BCUT2D eigenvalue weighted by molar-refractivity contribution is 7.16. The number of rotatable bonds is 3. The van der Waals surface area contributed by atoms with Gasteiger partial charge in [0.15, 0.2) is 0 Å². The van der Waals surface area contributed by atoms with Crippen LogP contribution < -0.4 is 5.32 Å². The van der Waals surface area contributed by atoms with Gasteiger partial charge < -0.3 is 5.32 Å². The average Bonchev–Trinajstić information content (AvgIpc) is 2.91. The summed E-state index contributed by atoms with van der Waals surface area (Å²) in [7, 11) is 0. The van der Waals surface area contributed by atoms with E-state index in [1.807, 2.05) is 18.3 Å². The number of nitrogens with one attached hydrogen (secondary N) is 1. The van der Waals surface area contributed by atoms with Crippen molar-refractivity contribution in [2.45, 2.75) is 31.8 Å². The number of fused-ring (bicyclic) bond motifs is 1. The summed E-state index contributed by atoms with van der Waals surface area (Å²) in [5, 5.41) is 3.65. The summed E-state index contributed by atoms with van der Waals surface area (Å²) in [6.45, 7) is 2.16. The lowest BCUT2D eigenvalue weighted by atomic mass is 10.1. The predicted octanol–water partition coefficient (Wildman–Crippen LogP) is 4.13. The van der Waals surface area contributed by atoms with Crippen molar-refractivity contribution in [3.05, 3.63) is 50.9 Å². The number of aryl methyl sites for hydroxylation is 1. The molecule has 2 heterocycles. The molecule has 0 aliphatic heterocycles. The van der Waals surface area contributed by atoms with Crippen molar-refractivity contribution in [3.63, 3.8) is 0 Å². The van der Waals surface area contributed by atoms with Crippen LogP contribution in [0, 0.1) is 0 Å². The summed E-state index contributed by atoms with van der Waals surface area (Å²) in [5.74, 6) is 0. The van der Waals surface area contributed by atoms with Crippen LogP contribution in [0.2, 0.25) is 4.34 Å². The summed E-state index contributed by atoms with van der Waals surface area (Å²) in [4.78, 5) is 5.83. The number of hydrogen-bond donors (Lipinski definition) is 1. The third kappa shape index (κ3) is 2.30. The predicted molar refractivity (Wildman–Crippen MR) is 76.2 cm³/mol. The van der Waals surface area contributed by atoms with Crippen LogP contribution in [0.4, 0.5) is 0 Å². The highest BCUT2D eigenvalue weighted by Gasteiger charge is 2.26. The van der Waals surface area contributed by atoms with Crippen LogP contribution in [0.5, 0.6) is 0 Å². The number of pyridine rings is 1. The van der Waals surface area contributed by atoms with Crippen molar-refractivity contribution in [2.24, 2.45) is 0 Å². The van der Waals surface area contributed by atoms with Crippen molar-refractivity contribution in [3.8, 4) is 0 Å². The molecule has 1 N–H and O–H groups in total. The fourth-order valence-corrected chi connectivity index (χ4v) is 3.88. The van der Waals surface area contributed by atoms with Crippen molar-refractivity contribution in [1.82, 2.24) is 10.3 Å². The molecule has 94 valence electrons. The Labute approximate surface area is 116 Å². The molecule has 2 aromatic rings. The molecule has 0 saturated carbocycles. The largest absolute Gasteiger partial charge is 0.302 e. The van der Waals surface area contributed by atoms with Gasteiger partial charge in [-0.05, 0) is 43.5 Å². The molecule has 4 heteroatoms. The Morgan fingerprint density at radius 2 is 2.39 bits per heavy atom.